The lowest BCUT2D eigenvalue weighted by molar-refractivity contribution is 0.0263. The zero-order chi connectivity index (χ0) is 20.5. The van der Waals surface area contributed by atoms with E-state index >= 15 is 0 Å². The Balaban J connectivity index is 1.73. The molecule has 1 aromatic carbocycles. The lowest BCUT2D eigenvalue weighted by atomic mass is 10.1. The van der Waals surface area contributed by atoms with Gasteiger partial charge in [0.25, 0.3) is 0 Å². The van der Waals surface area contributed by atoms with Crippen molar-refractivity contribution >= 4 is 5.96 Å². The van der Waals surface area contributed by atoms with Crippen LogP contribution in [0.25, 0.3) is 0 Å². The molecule has 162 valence electrons. The first-order valence-corrected chi connectivity index (χ1v) is 11.3. The van der Waals surface area contributed by atoms with E-state index in [-0.39, 0.29) is 0 Å². The maximum absolute atomic E-state index is 5.81. The second-order valence-electron chi connectivity index (χ2n) is 7.87. The number of piperidine rings is 1. The number of rotatable bonds is 8. The Morgan fingerprint density at radius 3 is 2.59 bits per heavy atom. The minimum Gasteiger partial charge on any atom is -0.497 e. The van der Waals surface area contributed by atoms with Crippen LogP contribution in [0.5, 0.6) is 5.75 Å². The molecule has 6 heteroatoms. The first kappa shape index (κ1) is 21.9. The molecule has 0 spiro atoms. The van der Waals surface area contributed by atoms with E-state index in [1.54, 1.807) is 7.11 Å². The molecule has 2 saturated heterocycles. The first-order valence-electron chi connectivity index (χ1n) is 11.3. The molecule has 0 aliphatic carbocycles. The number of aliphatic imine (C=N–C) groups is 1. The highest BCUT2D eigenvalue weighted by atomic mass is 16.5. The molecule has 0 amide bonds. The maximum atomic E-state index is 5.81. The molecule has 1 aromatic rings. The van der Waals surface area contributed by atoms with Crippen LogP contribution in [0.2, 0.25) is 0 Å². The number of hydrogen-bond acceptors (Lipinski definition) is 4. The lowest BCUT2D eigenvalue weighted by Gasteiger charge is -2.34. The third-order valence-electron chi connectivity index (χ3n) is 5.95. The summed E-state index contributed by atoms with van der Waals surface area (Å²) in [4.78, 5) is 10.1. The van der Waals surface area contributed by atoms with Gasteiger partial charge in [0, 0.05) is 26.2 Å². The van der Waals surface area contributed by atoms with Crippen LogP contribution in [0.15, 0.2) is 29.3 Å². The minimum absolute atomic E-state index is 0.294. The van der Waals surface area contributed by atoms with Crippen LogP contribution in [0.3, 0.4) is 0 Å². The number of likely N-dealkylation sites (tertiary alicyclic amines) is 2. The molecule has 2 aliphatic heterocycles. The van der Waals surface area contributed by atoms with Crippen LogP contribution in [-0.2, 0) is 4.74 Å². The Kier molecular flexibility index (Phi) is 8.62. The highest BCUT2D eigenvalue weighted by Crippen LogP contribution is 2.28. The molecular formula is C23H38N4O2. The first-order chi connectivity index (χ1) is 14.2. The van der Waals surface area contributed by atoms with Crippen LogP contribution in [0, 0.1) is 0 Å². The van der Waals surface area contributed by atoms with E-state index in [0.29, 0.717) is 12.1 Å². The molecule has 0 bridgehead atoms. The van der Waals surface area contributed by atoms with Crippen molar-refractivity contribution in [2.45, 2.75) is 51.7 Å². The summed E-state index contributed by atoms with van der Waals surface area (Å²) >= 11 is 0. The number of guanidine groups is 1. The van der Waals surface area contributed by atoms with Crippen molar-refractivity contribution < 1.29 is 9.47 Å². The fourth-order valence-corrected chi connectivity index (χ4v) is 4.40. The van der Waals surface area contributed by atoms with Crippen molar-refractivity contribution in [3.8, 4) is 5.75 Å². The maximum Gasteiger partial charge on any atom is 0.193 e. The average Bonchev–Trinajstić information content (AvgIpc) is 3.29. The molecule has 0 radical (unpaired) electrons. The second-order valence-corrected chi connectivity index (χ2v) is 7.87. The van der Waals surface area contributed by atoms with E-state index in [1.165, 1.54) is 18.4 Å². The molecular weight excluding hydrogens is 364 g/mol. The second kappa shape index (κ2) is 11.4. The third-order valence-corrected chi connectivity index (χ3v) is 5.95. The smallest absolute Gasteiger partial charge is 0.193 e. The number of methoxy groups -OCH3 is 1. The molecule has 1 N–H and O–H groups in total. The summed E-state index contributed by atoms with van der Waals surface area (Å²) < 4.78 is 11.3. The summed E-state index contributed by atoms with van der Waals surface area (Å²) in [7, 11) is 1.73. The Morgan fingerprint density at radius 2 is 1.93 bits per heavy atom. The van der Waals surface area contributed by atoms with E-state index < -0.39 is 0 Å². The highest BCUT2D eigenvalue weighted by molar-refractivity contribution is 5.80. The SMILES string of the molecule is CCNC(=NCC(c1cccc(OC)c1)N1CCCC1)N1CCC(OCC)CC1. The van der Waals surface area contributed by atoms with Gasteiger partial charge in [0.15, 0.2) is 5.96 Å². The summed E-state index contributed by atoms with van der Waals surface area (Å²) in [6.45, 7) is 11.0. The van der Waals surface area contributed by atoms with Gasteiger partial charge in [-0.25, -0.2) is 0 Å². The summed E-state index contributed by atoms with van der Waals surface area (Å²) in [5.41, 5.74) is 1.29. The molecule has 29 heavy (non-hydrogen) atoms. The number of nitrogens with zero attached hydrogens (tertiary/aromatic N) is 3. The van der Waals surface area contributed by atoms with Gasteiger partial charge in [0.1, 0.15) is 5.75 Å². The summed E-state index contributed by atoms with van der Waals surface area (Å²) in [6, 6.07) is 8.77. The van der Waals surface area contributed by atoms with Crippen molar-refractivity contribution in [3.05, 3.63) is 29.8 Å². The lowest BCUT2D eigenvalue weighted by Crippen LogP contribution is -2.47. The van der Waals surface area contributed by atoms with Gasteiger partial charge in [0.05, 0.1) is 25.8 Å². The van der Waals surface area contributed by atoms with Gasteiger partial charge in [-0.1, -0.05) is 12.1 Å². The van der Waals surface area contributed by atoms with Gasteiger partial charge in [-0.15, -0.1) is 0 Å². The molecule has 2 heterocycles. The van der Waals surface area contributed by atoms with Crippen LogP contribution >= 0.6 is 0 Å². The largest absolute Gasteiger partial charge is 0.497 e. The molecule has 0 saturated carbocycles. The van der Waals surface area contributed by atoms with Crippen molar-refractivity contribution in [1.29, 1.82) is 0 Å². The normalized spacial score (nSPS) is 20.1. The molecule has 1 atom stereocenters. The Bertz CT molecular complexity index is 638. The van der Waals surface area contributed by atoms with E-state index in [1.807, 2.05) is 6.07 Å². The fourth-order valence-electron chi connectivity index (χ4n) is 4.40. The highest BCUT2D eigenvalue weighted by Gasteiger charge is 2.25. The molecule has 1 unspecified atom stereocenters. The Hall–Kier alpha value is -1.79. The molecule has 2 fully saturated rings. The summed E-state index contributed by atoms with van der Waals surface area (Å²) in [5, 5.41) is 3.51. The zero-order valence-electron chi connectivity index (χ0n) is 18.4. The molecule has 3 rings (SSSR count). The Labute approximate surface area is 176 Å². The van der Waals surface area contributed by atoms with Gasteiger partial charge in [-0.2, -0.15) is 0 Å². The fraction of sp³-hybridized carbons (Fsp3) is 0.696. The van der Waals surface area contributed by atoms with E-state index in [4.69, 9.17) is 14.5 Å². The quantitative estimate of drug-likeness (QED) is 0.534. The van der Waals surface area contributed by atoms with Crippen molar-refractivity contribution in [2.24, 2.45) is 4.99 Å². The molecule has 6 nitrogen and oxygen atoms in total. The molecule has 2 aliphatic rings. The van der Waals surface area contributed by atoms with Crippen molar-refractivity contribution in [1.82, 2.24) is 15.1 Å². The van der Waals surface area contributed by atoms with Gasteiger partial charge in [-0.3, -0.25) is 9.89 Å². The predicted molar refractivity (Wildman–Crippen MR) is 119 cm³/mol. The van der Waals surface area contributed by atoms with E-state index in [2.05, 4.69) is 47.2 Å². The number of hydrogen-bond donors (Lipinski definition) is 1. The summed E-state index contributed by atoms with van der Waals surface area (Å²) in [6.07, 6.45) is 5.09. The predicted octanol–water partition coefficient (Wildman–Crippen LogP) is 3.30. The van der Waals surface area contributed by atoms with Gasteiger partial charge in [-0.05, 0) is 70.3 Å². The summed E-state index contributed by atoms with van der Waals surface area (Å²) in [5.74, 6) is 1.95. The number of nitrogens with one attached hydrogen (secondary N) is 1. The number of benzene rings is 1. The van der Waals surface area contributed by atoms with E-state index in [0.717, 1.165) is 70.4 Å². The average molecular weight is 403 g/mol. The van der Waals surface area contributed by atoms with Crippen LogP contribution < -0.4 is 10.1 Å². The van der Waals surface area contributed by atoms with Gasteiger partial charge < -0.3 is 19.7 Å². The van der Waals surface area contributed by atoms with Gasteiger partial charge >= 0.3 is 0 Å². The van der Waals surface area contributed by atoms with Crippen LogP contribution in [-0.4, -0.2) is 74.8 Å². The zero-order valence-corrected chi connectivity index (χ0v) is 18.4. The topological polar surface area (TPSA) is 49.3 Å². The van der Waals surface area contributed by atoms with Crippen LogP contribution in [0.1, 0.15) is 51.1 Å². The standard InChI is InChI=1S/C23H38N4O2/c1-4-24-23(27-15-11-20(12-16-27)29-5-2)25-18-22(26-13-6-7-14-26)19-9-8-10-21(17-19)28-3/h8-10,17,20,22H,4-7,11-16,18H2,1-3H3,(H,24,25). The van der Waals surface area contributed by atoms with Crippen molar-refractivity contribution in [2.75, 3.05) is 53.0 Å². The van der Waals surface area contributed by atoms with Crippen LogP contribution in [0.4, 0.5) is 0 Å². The monoisotopic (exact) mass is 402 g/mol. The van der Waals surface area contributed by atoms with E-state index in [9.17, 15) is 0 Å². The van der Waals surface area contributed by atoms with Crippen molar-refractivity contribution in [3.63, 3.8) is 0 Å². The third kappa shape index (κ3) is 6.09. The number of ether oxygens (including phenoxy) is 2. The van der Waals surface area contributed by atoms with Gasteiger partial charge in [0.2, 0.25) is 0 Å². The molecule has 0 aromatic heterocycles. The minimum atomic E-state index is 0.294. The Morgan fingerprint density at radius 1 is 1.17 bits per heavy atom.